The lowest BCUT2D eigenvalue weighted by atomic mass is 10.3. The maximum Gasteiger partial charge on any atom is 0.352 e. The highest BCUT2D eigenvalue weighted by atomic mass is 35.5. The molecule has 1 aliphatic heterocycles. The van der Waals surface area contributed by atoms with Crippen LogP contribution in [0.4, 0.5) is 0 Å². The predicted molar refractivity (Wildman–Crippen MR) is 64.4 cm³/mol. The van der Waals surface area contributed by atoms with E-state index < -0.39 is 27.2 Å². The minimum Gasteiger partial charge on any atom is -0.431 e. The normalized spacial score (nSPS) is 18.3. The number of isocyanates is 1. The molecule has 2 rings (SSSR count). The average molecular weight is 324 g/mol. The standard InChI is InChI=1S/C9H6ClNO6S2/c10-5-3-18-7(8(5)19(14,15)11-4-12)9(13)17-6-1-2-16-6/h3,6H,1-2H2. The van der Waals surface area contributed by atoms with Gasteiger partial charge in [-0.05, 0) is 0 Å². The Morgan fingerprint density at radius 2 is 2.32 bits per heavy atom. The summed E-state index contributed by atoms with van der Waals surface area (Å²) in [4.78, 5) is 21.1. The van der Waals surface area contributed by atoms with E-state index >= 15 is 0 Å². The average Bonchev–Trinajstić information content (AvgIpc) is 2.66. The second kappa shape index (κ2) is 5.40. The number of halogens is 1. The van der Waals surface area contributed by atoms with E-state index in [0.717, 1.165) is 17.4 Å². The van der Waals surface area contributed by atoms with Crippen LogP contribution in [-0.4, -0.2) is 33.4 Å². The molecule has 102 valence electrons. The Morgan fingerprint density at radius 1 is 1.63 bits per heavy atom. The van der Waals surface area contributed by atoms with Gasteiger partial charge in [-0.25, -0.2) is 9.59 Å². The van der Waals surface area contributed by atoms with Crippen molar-refractivity contribution in [3.8, 4) is 0 Å². The van der Waals surface area contributed by atoms with Gasteiger partial charge in [0.25, 0.3) is 16.1 Å². The van der Waals surface area contributed by atoms with Crippen molar-refractivity contribution in [2.45, 2.75) is 17.6 Å². The second-order valence-corrected chi connectivity index (χ2v) is 6.22. The highest BCUT2D eigenvalue weighted by Crippen LogP contribution is 2.33. The zero-order valence-electron chi connectivity index (χ0n) is 9.16. The SMILES string of the molecule is O=C=NS(=O)(=O)c1c(Cl)csc1C(=O)OC1CCO1. The molecule has 10 heteroatoms. The van der Waals surface area contributed by atoms with Crippen molar-refractivity contribution in [3.05, 3.63) is 15.3 Å². The largest absolute Gasteiger partial charge is 0.431 e. The summed E-state index contributed by atoms with van der Waals surface area (Å²) in [5.74, 6) is -0.888. The number of esters is 1. The monoisotopic (exact) mass is 323 g/mol. The van der Waals surface area contributed by atoms with Crippen molar-refractivity contribution in [1.29, 1.82) is 0 Å². The van der Waals surface area contributed by atoms with Crippen LogP contribution in [0.1, 0.15) is 16.1 Å². The number of hydrogen-bond acceptors (Lipinski definition) is 7. The van der Waals surface area contributed by atoms with Crippen LogP contribution < -0.4 is 0 Å². The van der Waals surface area contributed by atoms with E-state index in [4.69, 9.17) is 21.1 Å². The number of sulfonamides is 1. The molecule has 1 saturated heterocycles. The molecule has 0 N–H and O–H groups in total. The van der Waals surface area contributed by atoms with Gasteiger partial charge < -0.3 is 9.47 Å². The Labute approximate surface area is 116 Å². The highest BCUT2D eigenvalue weighted by Gasteiger charge is 2.31. The number of carbonyl (C=O) groups is 1. The molecule has 0 amide bonds. The van der Waals surface area contributed by atoms with Crippen LogP contribution in [0.15, 0.2) is 14.7 Å². The van der Waals surface area contributed by atoms with Crippen LogP contribution in [0.25, 0.3) is 0 Å². The first kappa shape index (κ1) is 14.2. The van der Waals surface area contributed by atoms with Gasteiger partial charge in [0.05, 0.1) is 11.6 Å². The van der Waals surface area contributed by atoms with E-state index in [2.05, 4.69) is 4.40 Å². The van der Waals surface area contributed by atoms with Gasteiger partial charge in [0, 0.05) is 11.8 Å². The van der Waals surface area contributed by atoms with E-state index in [0.29, 0.717) is 13.0 Å². The third kappa shape index (κ3) is 2.85. The molecule has 1 atom stereocenters. The van der Waals surface area contributed by atoms with Crippen LogP contribution in [0.5, 0.6) is 0 Å². The molecule has 1 aromatic heterocycles. The molecule has 7 nitrogen and oxygen atoms in total. The summed E-state index contributed by atoms with van der Waals surface area (Å²) in [6.45, 7) is 0.476. The van der Waals surface area contributed by atoms with Crippen molar-refractivity contribution in [2.24, 2.45) is 4.40 Å². The smallest absolute Gasteiger partial charge is 0.352 e. The summed E-state index contributed by atoms with van der Waals surface area (Å²) in [5.41, 5.74) is 0. The minimum atomic E-state index is -4.36. The lowest BCUT2D eigenvalue weighted by Gasteiger charge is -2.25. The molecule has 0 bridgehead atoms. The first-order chi connectivity index (χ1) is 8.95. The molecule has 1 aromatic rings. The molecule has 0 aliphatic carbocycles. The van der Waals surface area contributed by atoms with E-state index in [9.17, 15) is 18.0 Å². The number of nitrogens with zero attached hydrogens (tertiary/aromatic N) is 1. The van der Waals surface area contributed by atoms with Crippen molar-refractivity contribution in [2.75, 3.05) is 6.61 Å². The highest BCUT2D eigenvalue weighted by molar-refractivity contribution is 7.90. The molecule has 19 heavy (non-hydrogen) atoms. The lowest BCUT2D eigenvalue weighted by Crippen LogP contribution is -2.32. The lowest BCUT2D eigenvalue weighted by molar-refractivity contribution is -0.184. The van der Waals surface area contributed by atoms with E-state index in [1.807, 2.05) is 0 Å². The van der Waals surface area contributed by atoms with Gasteiger partial charge in [0.2, 0.25) is 6.29 Å². The van der Waals surface area contributed by atoms with Crippen molar-refractivity contribution >= 4 is 45.0 Å². The van der Waals surface area contributed by atoms with Crippen molar-refractivity contribution in [1.82, 2.24) is 0 Å². The van der Waals surface area contributed by atoms with Crippen LogP contribution >= 0.6 is 22.9 Å². The second-order valence-electron chi connectivity index (χ2n) is 3.39. The Hall–Kier alpha value is -1.25. The van der Waals surface area contributed by atoms with Gasteiger partial charge in [-0.3, -0.25) is 0 Å². The van der Waals surface area contributed by atoms with Crippen molar-refractivity contribution < 1.29 is 27.5 Å². The summed E-state index contributed by atoms with van der Waals surface area (Å²) in [6.07, 6.45) is 0.768. The molecular weight excluding hydrogens is 318 g/mol. The minimum absolute atomic E-state index is 0.203. The molecule has 1 unspecified atom stereocenters. The third-order valence-corrected chi connectivity index (χ3v) is 5.08. The number of carbonyl (C=O) groups excluding carboxylic acids is 2. The summed E-state index contributed by atoms with van der Waals surface area (Å²) >= 11 is 6.48. The Bertz CT molecular complexity index is 656. The number of thiophene rings is 1. The predicted octanol–water partition coefficient (Wildman–Crippen LogP) is 1.33. The number of ether oxygens (including phenoxy) is 2. The topological polar surface area (TPSA) is 99.1 Å². The fourth-order valence-corrected chi connectivity index (χ4v) is 3.91. The van der Waals surface area contributed by atoms with Gasteiger partial charge in [0.15, 0.2) is 0 Å². The van der Waals surface area contributed by atoms with Crippen LogP contribution in [0, 0.1) is 0 Å². The summed E-state index contributed by atoms with van der Waals surface area (Å²) < 4.78 is 35.8. The summed E-state index contributed by atoms with van der Waals surface area (Å²) in [5, 5.41) is 1.04. The van der Waals surface area contributed by atoms with E-state index in [1.165, 1.54) is 5.38 Å². The zero-order valence-corrected chi connectivity index (χ0v) is 11.5. The van der Waals surface area contributed by atoms with Gasteiger partial charge >= 0.3 is 5.97 Å². The summed E-state index contributed by atoms with van der Waals surface area (Å²) in [6, 6.07) is 0. The van der Waals surface area contributed by atoms with Gasteiger partial charge in [0.1, 0.15) is 9.77 Å². The maximum absolute atomic E-state index is 11.8. The van der Waals surface area contributed by atoms with Gasteiger partial charge in [-0.15, -0.1) is 11.3 Å². The fourth-order valence-electron chi connectivity index (χ4n) is 1.28. The molecule has 1 aliphatic rings. The Balaban J connectivity index is 2.36. The van der Waals surface area contributed by atoms with Crippen LogP contribution in [-0.2, 0) is 24.3 Å². The summed E-state index contributed by atoms with van der Waals surface area (Å²) in [7, 11) is -4.36. The zero-order chi connectivity index (χ0) is 14.0. The molecule has 0 aromatic carbocycles. The van der Waals surface area contributed by atoms with Gasteiger partial charge in [-0.2, -0.15) is 8.42 Å². The Morgan fingerprint density at radius 3 is 2.84 bits per heavy atom. The maximum atomic E-state index is 11.8. The van der Waals surface area contributed by atoms with Gasteiger partial charge in [-0.1, -0.05) is 16.0 Å². The Kier molecular flexibility index (Phi) is 4.02. The molecule has 2 heterocycles. The molecule has 0 radical (unpaired) electrons. The molecule has 1 fully saturated rings. The molecule has 0 saturated carbocycles. The molecular formula is C9H6ClNO6S2. The fraction of sp³-hybridized carbons (Fsp3) is 0.333. The van der Waals surface area contributed by atoms with E-state index in [-0.39, 0.29) is 9.90 Å². The van der Waals surface area contributed by atoms with Crippen LogP contribution in [0.2, 0.25) is 5.02 Å². The first-order valence-corrected chi connectivity index (χ1v) is 7.59. The number of hydrogen-bond donors (Lipinski definition) is 0. The van der Waals surface area contributed by atoms with Crippen molar-refractivity contribution in [3.63, 3.8) is 0 Å². The molecule has 0 spiro atoms. The third-order valence-electron chi connectivity index (χ3n) is 2.20. The first-order valence-electron chi connectivity index (χ1n) is 4.89. The quantitative estimate of drug-likeness (QED) is 0.471. The number of rotatable bonds is 4. The van der Waals surface area contributed by atoms with E-state index in [1.54, 1.807) is 0 Å². The van der Waals surface area contributed by atoms with Crippen LogP contribution in [0.3, 0.4) is 0 Å².